The van der Waals surface area contributed by atoms with Crippen LogP contribution in [0.1, 0.15) is 10.4 Å². The molecular weight excluding hydrogens is 242 g/mol. The van der Waals surface area contributed by atoms with E-state index in [1.54, 1.807) is 0 Å². The van der Waals surface area contributed by atoms with Crippen LogP contribution in [0.3, 0.4) is 0 Å². The molecule has 0 aliphatic heterocycles. The van der Waals surface area contributed by atoms with Crippen molar-refractivity contribution in [2.45, 2.75) is 4.90 Å². The summed E-state index contributed by atoms with van der Waals surface area (Å²) >= 11 is 0. The molecule has 0 fully saturated rings. The lowest BCUT2D eigenvalue weighted by Crippen LogP contribution is -2.25. The zero-order valence-corrected chi connectivity index (χ0v) is 10.3. The van der Waals surface area contributed by atoms with Gasteiger partial charge < -0.3 is 10.4 Å². The minimum atomic E-state index is -3.23. The van der Waals surface area contributed by atoms with Crippen molar-refractivity contribution < 1.29 is 18.3 Å². The standard InChI is InChI=1S/C11H15NO4S/c1-17(15,16)10-4-2-9(3-5-10)11(14)8-12-6-7-13/h2-5,12-13H,6-8H2,1H3. The molecule has 0 atom stereocenters. The number of aliphatic hydroxyl groups is 1. The highest BCUT2D eigenvalue weighted by Gasteiger charge is 2.09. The van der Waals surface area contributed by atoms with Crippen molar-refractivity contribution in [3.05, 3.63) is 29.8 Å². The lowest BCUT2D eigenvalue weighted by atomic mass is 10.1. The third-order valence-electron chi connectivity index (χ3n) is 2.18. The van der Waals surface area contributed by atoms with Gasteiger partial charge in [-0.15, -0.1) is 0 Å². The molecule has 0 amide bonds. The Balaban J connectivity index is 2.71. The fourth-order valence-corrected chi connectivity index (χ4v) is 1.90. The van der Waals surface area contributed by atoms with E-state index >= 15 is 0 Å². The molecule has 1 aromatic rings. The van der Waals surface area contributed by atoms with Crippen LogP contribution in [0.2, 0.25) is 0 Å². The SMILES string of the molecule is CS(=O)(=O)c1ccc(C(=O)CNCCO)cc1. The van der Waals surface area contributed by atoms with Gasteiger partial charge in [0.25, 0.3) is 0 Å². The molecule has 0 unspecified atom stereocenters. The summed E-state index contributed by atoms with van der Waals surface area (Å²) in [7, 11) is -3.23. The molecule has 0 aromatic heterocycles. The summed E-state index contributed by atoms with van der Waals surface area (Å²) < 4.78 is 22.4. The summed E-state index contributed by atoms with van der Waals surface area (Å²) in [5.74, 6) is -0.140. The third kappa shape index (κ3) is 4.26. The summed E-state index contributed by atoms with van der Waals surface area (Å²) in [6, 6.07) is 5.79. The number of carbonyl (C=O) groups excluding carboxylic acids is 1. The van der Waals surface area contributed by atoms with Gasteiger partial charge in [-0.1, -0.05) is 12.1 Å². The van der Waals surface area contributed by atoms with Crippen molar-refractivity contribution in [1.82, 2.24) is 5.32 Å². The van der Waals surface area contributed by atoms with E-state index in [2.05, 4.69) is 5.32 Å². The molecule has 1 rings (SSSR count). The van der Waals surface area contributed by atoms with E-state index < -0.39 is 9.84 Å². The number of nitrogens with one attached hydrogen (secondary N) is 1. The van der Waals surface area contributed by atoms with Crippen molar-refractivity contribution in [1.29, 1.82) is 0 Å². The first kappa shape index (κ1) is 13.8. The molecule has 0 radical (unpaired) electrons. The maximum absolute atomic E-state index is 11.6. The van der Waals surface area contributed by atoms with Crippen LogP contribution in [0.15, 0.2) is 29.2 Å². The maximum atomic E-state index is 11.6. The molecule has 0 spiro atoms. The highest BCUT2D eigenvalue weighted by atomic mass is 32.2. The number of Topliss-reactive ketones (excluding diaryl/α,β-unsaturated/α-hetero) is 1. The van der Waals surface area contributed by atoms with Crippen LogP contribution in [-0.2, 0) is 9.84 Å². The molecule has 94 valence electrons. The van der Waals surface area contributed by atoms with Crippen LogP contribution >= 0.6 is 0 Å². The van der Waals surface area contributed by atoms with Crippen molar-refractivity contribution in [3.63, 3.8) is 0 Å². The van der Waals surface area contributed by atoms with Gasteiger partial charge in [0.05, 0.1) is 18.0 Å². The number of benzene rings is 1. The number of hydrogen-bond acceptors (Lipinski definition) is 5. The first-order valence-electron chi connectivity index (χ1n) is 5.10. The smallest absolute Gasteiger partial charge is 0.176 e. The van der Waals surface area contributed by atoms with Gasteiger partial charge in [0.1, 0.15) is 0 Å². The maximum Gasteiger partial charge on any atom is 0.176 e. The Morgan fingerprint density at radius 1 is 1.29 bits per heavy atom. The Kier molecular flexibility index (Phi) is 4.80. The Labute approximate surface area is 100 Å². The lowest BCUT2D eigenvalue weighted by Gasteiger charge is -2.03. The molecular formula is C11H15NO4S. The van der Waals surface area contributed by atoms with Crippen LogP contribution in [-0.4, -0.2) is 45.3 Å². The predicted octanol–water partition coefficient (Wildman–Crippen LogP) is -0.145. The number of rotatable bonds is 6. The Morgan fingerprint density at radius 3 is 2.35 bits per heavy atom. The van der Waals surface area contributed by atoms with Gasteiger partial charge in [0.2, 0.25) is 0 Å². The van der Waals surface area contributed by atoms with Gasteiger partial charge >= 0.3 is 0 Å². The quantitative estimate of drug-likeness (QED) is 0.547. The summed E-state index contributed by atoms with van der Waals surface area (Å²) in [4.78, 5) is 11.8. The Bertz CT molecular complexity index is 479. The van der Waals surface area contributed by atoms with Crippen LogP contribution in [0.4, 0.5) is 0 Å². The first-order valence-corrected chi connectivity index (χ1v) is 6.99. The molecule has 2 N–H and O–H groups in total. The molecule has 0 aliphatic carbocycles. The Hall–Kier alpha value is -1.24. The molecule has 6 heteroatoms. The molecule has 5 nitrogen and oxygen atoms in total. The monoisotopic (exact) mass is 257 g/mol. The topological polar surface area (TPSA) is 83.5 Å². The second kappa shape index (κ2) is 5.90. The van der Waals surface area contributed by atoms with E-state index in [4.69, 9.17) is 5.11 Å². The molecule has 1 aromatic carbocycles. The van der Waals surface area contributed by atoms with Crippen LogP contribution in [0, 0.1) is 0 Å². The predicted molar refractivity (Wildman–Crippen MR) is 63.8 cm³/mol. The minimum absolute atomic E-state index is 0.0275. The zero-order chi connectivity index (χ0) is 12.9. The summed E-state index contributed by atoms with van der Waals surface area (Å²) in [5.41, 5.74) is 0.447. The fourth-order valence-electron chi connectivity index (χ4n) is 1.27. The summed E-state index contributed by atoms with van der Waals surface area (Å²) in [6.45, 7) is 0.451. The normalized spacial score (nSPS) is 11.4. The van der Waals surface area contributed by atoms with E-state index in [0.29, 0.717) is 12.1 Å². The molecule has 17 heavy (non-hydrogen) atoms. The number of sulfone groups is 1. The van der Waals surface area contributed by atoms with Crippen molar-refractivity contribution in [3.8, 4) is 0 Å². The van der Waals surface area contributed by atoms with E-state index in [-0.39, 0.29) is 23.8 Å². The largest absolute Gasteiger partial charge is 0.395 e. The van der Waals surface area contributed by atoms with Crippen LogP contribution < -0.4 is 5.32 Å². The highest BCUT2D eigenvalue weighted by Crippen LogP contribution is 2.10. The van der Waals surface area contributed by atoms with E-state index in [9.17, 15) is 13.2 Å². The average Bonchev–Trinajstić information content (AvgIpc) is 2.28. The van der Waals surface area contributed by atoms with Crippen molar-refractivity contribution >= 4 is 15.6 Å². The Morgan fingerprint density at radius 2 is 1.88 bits per heavy atom. The van der Waals surface area contributed by atoms with Crippen LogP contribution in [0.5, 0.6) is 0 Å². The van der Waals surface area contributed by atoms with Gasteiger partial charge in [-0.25, -0.2) is 8.42 Å². The van der Waals surface area contributed by atoms with E-state index in [1.807, 2.05) is 0 Å². The summed E-state index contributed by atoms with van der Waals surface area (Å²) in [5, 5.41) is 11.3. The molecule has 0 aliphatic rings. The van der Waals surface area contributed by atoms with E-state index in [0.717, 1.165) is 6.26 Å². The van der Waals surface area contributed by atoms with Crippen LogP contribution in [0.25, 0.3) is 0 Å². The van der Waals surface area contributed by atoms with Crippen molar-refractivity contribution in [2.75, 3.05) is 26.0 Å². The summed E-state index contributed by atoms with van der Waals surface area (Å²) in [6.07, 6.45) is 1.12. The number of hydrogen-bond donors (Lipinski definition) is 2. The second-order valence-corrected chi connectivity index (χ2v) is 5.64. The van der Waals surface area contributed by atoms with Gasteiger partial charge in [-0.05, 0) is 12.1 Å². The van der Waals surface area contributed by atoms with Gasteiger partial charge in [-0.3, -0.25) is 4.79 Å². The number of ketones is 1. The number of aliphatic hydroxyl groups excluding tert-OH is 1. The zero-order valence-electron chi connectivity index (χ0n) is 9.51. The van der Waals surface area contributed by atoms with Gasteiger partial charge in [-0.2, -0.15) is 0 Å². The van der Waals surface area contributed by atoms with Crippen molar-refractivity contribution in [2.24, 2.45) is 0 Å². The molecule has 0 heterocycles. The molecule has 0 saturated carbocycles. The minimum Gasteiger partial charge on any atom is -0.395 e. The van der Waals surface area contributed by atoms with E-state index in [1.165, 1.54) is 24.3 Å². The lowest BCUT2D eigenvalue weighted by molar-refractivity contribution is 0.0989. The van der Waals surface area contributed by atoms with Gasteiger partial charge in [0, 0.05) is 18.4 Å². The molecule has 0 saturated heterocycles. The molecule has 0 bridgehead atoms. The second-order valence-electron chi connectivity index (χ2n) is 3.62. The average molecular weight is 257 g/mol. The first-order chi connectivity index (χ1) is 7.95. The number of carbonyl (C=O) groups is 1. The third-order valence-corrected chi connectivity index (χ3v) is 3.31. The fraction of sp³-hybridized carbons (Fsp3) is 0.364. The highest BCUT2D eigenvalue weighted by molar-refractivity contribution is 7.90. The van der Waals surface area contributed by atoms with Gasteiger partial charge in [0.15, 0.2) is 15.6 Å².